The molecule has 0 saturated heterocycles. The van der Waals surface area contributed by atoms with Gasteiger partial charge >= 0.3 is 11.9 Å². The molecule has 0 N–H and O–H groups in total. The highest BCUT2D eigenvalue weighted by Gasteiger charge is 2.25. The van der Waals surface area contributed by atoms with Crippen molar-refractivity contribution in [3.05, 3.63) is 12.2 Å². The molecule has 0 rings (SSSR count). The Bertz CT molecular complexity index is 978. The van der Waals surface area contributed by atoms with Crippen LogP contribution < -0.4 is 5.11 Å². The van der Waals surface area contributed by atoms with Crippen molar-refractivity contribution in [2.75, 3.05) is 41.0 Å². The summed E-state index contributed by atoms with van der Waals surface area (Å²) in [4.78, 5) is 36.9. The predicted octanol–water partition coefficient (Wildman–Crippen LogP) is 12.9. The number of esters is 2. The van der Waals surface area contributed by atoms with E-state index in [1.807, 2.05) is 0 Å². The molecular formula is C51H97NO7. The number of likely N-dealkylation sites (N-methyl/N-ethyl adjacent to an activating group) is 1. The Morgan fingerprint density at radius 1 is 0.492 bits per heavy atom. The standard InChI is InChI=1S/C51H97NO7/c1-6-8-10-12-14-16-18-20-21-22-23-24-25-26-27-28-30-31-33-35-37-39-41-49(53)58-46-47(45-57-44-43-48(51(55)56)52(3,4)5)59-50(54)42-40-38-36-34-32-29-19-17-15-13-11-9-7-2/h25-26,47-48H,6-24,27-46H2,1-5H3/b26-25+. The second-order valence-electron chi connectivity index (χ2n) is 18.4. The van der Waals surface area contributed by atoms with Crippen LogP contribution in [0.1, 0.15) is 245 Å². The minimum Gasteiger partial charge on any atom is -0.544 e. The molecule has 0 radical (unpaired) electrons. The topological polar surface area (TPSA) is 102 Å². The van der Waals surface area contributed by atoms with Crippen LogP contribution in [0.5, 0.6) is 0 Å². The quantitative estimate of drug-likeness (QED) is 0.0260. The highest BCUT2D eigenvalue weighted by molar-refractivity contribution is 5.70. The van der Waals surface area contributed by atoms with E-state index >= 15 is 0 Å². The molecule has 0 aliphatic heterocycles. The first-order valence-electron chi connectivity index (χ1n) is 25.2. The van der Waals surface area contributed by atoms with Crippen LogP contribution in [0.2, 0.25) is 0 Å². The zero-order valence-electron chi connectivity index (χ0n) is 39.7. The highest BCUT2D eigenvalue weighted by Crippen LogP contribution is 2.16. The lowest BCUT2D eigenvalue weighted by Crippen LogP contribution is -2.55. The maximum Gasteiger partial charge on any atom is 0.306 e. The van der Waals surface area contributed by atoms with Gasteiger partial charge in [0.15, 0.2) is 6.10 Å². The van der Waals surface area contributed by atoms with Gasteiger partial charge in [0.1, 0.15) is 12.6 Å². The molecule has 348 valence electrons. The summed E-state index contributed by atoms with van der Waals surface area (Å²) < 4.78 is 17.2. The number of aliphatic carboxylic acids is 1. The van der Waals surface area contributed by atoms with Crippen LogP contribution in [0.25, 0.3) is 0 Å². The number of carbonyl (C=O) groups is 3. The Morgan fingerprint density at radius 3 is 1.22 bits per heavy atom. The number of hydrogen-bond donors (Lipinski definition) is 0. The molecule has 8 heteroatoms. The Kier molecular flexibility index (Phi) is 41.3. The maximum absolute atomic E-state index is 12.7. The molecule has 8 nitrogen and oxygen atoms in total. The lowest BCUT2D eigenvalue weighted by atomic mass is 10.0. The first-order valence-corrected chi connectivity index (χ1v) is 25.2. The third kappa shape index (κ3) is 41.2. The summed E-state index contributed by atoms with van der Waals surface area (Å²) in [5, 5.41) is 11.6. The van der Waals surface area contributed by atoms with E-state index in [0.717, 1.165) is 38.5 Å². The molecule has 0 aromatic heterocycles. The molecule has 0 aromatic carbocycles. The number of hydrogen-bond acceptors (Lipinski definition) is 7. The molecule has 2 unspecified atom stereocenters. The van der Waals surface area contributed by atoms with Gasteiger partial charge in [0, 0.05) is 19.3 Å². The van der Waals surface area contributed by atoms with E-state index in [9.17, 15) is 19.5 Å². The Morgan fingerprint density at radius 2 is 0.847 bits per heavy atom. The number of carboxylic acid groups (broad SMARTS) is 1. The minimum absolute atomic E-state index is 0.0454. The lowest BCUT2D eigenvalue weighted by molar-refractivity contribution is -0.889. The van der Waals surface area contributed by atoms with E-state index < -0.39 is 18.1 Å². The van der Waals surface area contributed by atoms with Crippen LogP contribution in [0.4, 0.5) is 0 Å². The average Bonchev–Trinajstić information content (AvgIpc) is 3.19. The zero-order valence-corrected chi connectivity index (χ0v) is 39.7. The van der Waals surface area contributed by atoms with Crippen molar-refractivity contribution in [3.63, 3.8) is 0 Å². The molecule has 0 amide bonds. The smallest absolute Gasteiger partial charge is 0.306 e. The van der Waals surface area contributed by atoms with E-state index in [1.54, 1.807) is 21.1 Å². The number of nitrogens with zero attached hydrogens (tertiary/aromatic N) is 1. The van der Waals surface area contributed by atoms with Gasteiger partial charge in [0.05, 0.1) is 40.3 Å². The van der Waals surface area contributed by atoms with Gasteiger partial charge in [-0.05, 0) is 38.5 Å². The number of carbonyl (C=O) groups excluding carboxylic acids is 3. The number of carboxylic acids is 1. The summed E-state index contributed by atoms with van der Waals surface area (Å²) in [5.74, 6) is -1.72. The molecule has 0 bridgehead atoms. The largest absolute Gasteiger partial charge is 0.544 e. The maximum atomic E-state index is 12.7. The molecular weight excluding hydrogens is 739 g/mol. The van der Waals surface area contributed by atoms with Crippen molar-refractivity contribution in [1.29, 1.82) is 0 Å². The summed E-state index contributed by atoms with van der Waals surface area (Å²) in [5.41, 5.74) is 0. The molecule has 2 atom stereocenters. The monoisotopic (exact) mass is 836 g/mol. The summed E-state index contributed by atoms with van der Waals surface area (Å²) in [6.07, 6.45) is 46.7. The van der Waals surface area contributed by atoms with Crippen LogP contribution in [-0.4, -0.2) is 75.5 Å². The van der Waals surface area contributed by atoms with E-state index in [0.29, 0.717) is 12.8 Å². The molecule has 0 aliphatic rings. The fourth-order valence-electron chi connectivity index (χ4n) is 7.71. The third-order valence-electron chi connectivity index (χ3n) is 11.7. The SMILES string of the molecule is CCCCCCCCCCCCC/C=C/CCCCCCCCCC(=O)OCC(COCCC(C(=O)[O-])[N+](C)(C)C)OC(=O)CCCCCCCCCCCCCCC. The Hall–Kier alpha value is -1.93. The van der Waals surface area contributed by atoms with Gasteiger partial charge in [-0.25, -0.2) is 0 Å². The van der Waals surface area contributed by atoms with Crippen molar-refractivity contribution >= 4 is 17.9 Å². The van der Waals surface area contributed by atoms with Gasteiger partial charge in [-0.2, -0.15) is 0 Å². The molecule has 0 aromatic rings. The zero-order chi connectivity index (χ0) is 43.5. The summed E-state index contributed by atoms with van der Waals surface area (Å²) in [6.45, 7) is 4.70. The van der Waals surface area contributed by atoms with E-state index in [2.05, 4.69) is 26.0 Å². The van der Waals surface area contributed by atoms with Crippen molar-refractivity contribution in [1.82, 2.24) is 0 Å². The number of allylic oxidation sites excluding steroid dienone is 2. The number of rotatable bonds is 46. The van der Waals surface area contributed by atoms with Gasteiger partial charge in [0.2, 0.25) is 0 Å². The number of unbranched alkanes of at least 4 members (excludes halogenated alkanes) is 30. The van der Waals surface area contributed by atoms with Crippen molar-refractivity contribution in [3.8, 4) is 0 Å². The fourth-order valence-corrected chi connectivity index (χ4v) is 7.71. The van der Waals surface area contributed by atoms with Crippen LogP contribution in [0.3, 0.4) is 0 Å². The molecule has 59 heavy (non-hydrogen) atoms. The molecule has 0 spiro atoms. The van der Waals surface area contributed by atoms with Gasteiger partial charge in [-0.15, -0.1) is 0 Å². The summed E-state index contributed by atoms with van der Waals surface area (Å²) in [6, 6.07) is -0.722. The average molecular weight is 836 g/mol. The predicted molar refractivity (Wildman–Crippen MR) is 245 cm³/mol. The minimum atomic E-state index is -1.12. The van der Waals surface area contributed by atoms with E-state index in [-0.39, 0.29) is 42.7 Å². The van der Waals surface area contributed by atoms with Crippen molar-refractivity contribution in [2.45, 2.75) is 257 Å². The van der Waals surface area contributed by atoms with Gasteiger partial charge in [-0.3, -0.25) is 9.59 Å². The first kappa shape index (κ1) is 57.1. The summed E-state index contributed by atoms with van der Waals surface area (Å²) in [7, 11) is 5.42. The normalized spacial score (nSPS) is 12.9. The molecule has 0 fully saturated rings. The van der Waals surface area contributed by atoms with Crippen LogP contribution >= 0.6 is 0 Å². The van der Waals surface area contributed by atoms with E-state index in [1.165, 1.54) is 173 Å². The lowest BCUT2D eigenvalue weighted by Gasteiger charge is -2.34. The van der Waals surface area contributed by atoms with Crippen LogP contribution in [0.15, 0.2) is 12.2 Å². The second-order valence-corrected chi connectivity index (χ2v) is 18.4. The van der Waals surface area contributed by atoms with Crippen LogP contribution in [-0.2, 0) is 28.6 Å². The second kappa shape index (κ2) is 42.7. The van der Waals surface area contributed by atoms with Crippen molar-refractivity contribution in [2.24, 2.45) is 0 Å². The van der Waals surface area contributed by atoms with Crippen molar-refractivity contribution < 1.29 is 38.2 Å². The van der Waals surface area contributed by atoms with Gasteiger partial charge < -0.3 is 28.6 Å². The van der Waals surface area contributed by atoms with Gasteiger partial charge in [-0.1, -0.05) is 199 Å². The number of ether oxygens (including phenoxy) is 3. The molecule has 0 saturated carbocycles. The Labute approximate surface area is 365 Å². The first-order chi connectivity index (χ1) is 28.6. The fraction of sp³-hybridized carbons (Fsp3) is 0.902. The highest BCUT2D eigenvalue weighted by atomic mass is 16.6. The van der Waals surface area contributed by atoms with Gasteiger partial charge in [0.25, 0.3) is 0 Å². The van der Waals surface area contributed by atoms with Crippen LogP contribution in [0, 0.1) is 0 Å². The third-order valence-corrected chi connectivity index (χ3v) is 11.7. The molecule has 0 aliphatic carbocycles. The molecule has 0 heterocycles. The number of quaternary nitrogens is 1. The van der Waals surface area contributed by atoms with E-state index in [4.69, 9.17) is 14.2 Å². The summed E-state index contributed by atoms with van der Waals surface area (Å²) >= 11 is 0. The Balaban J connectivity index is 4.18.